The van der Waals surface area contributed by atoms with Crippen LogP contribution < -0.4 is 11.4 Å². The standard InChI is InChI=1S/C13H12F3N3O/c14-13(15,16)10-4-1-3-9(7-10)11(17)8-19-6-2-5-18-12(19)20/h1-7,11H,8,17H2. The van der Waals surface area contributed by atoms with Crippen LogP contribution in [-0.2, 0) is 12.7 Å². The summed E-state index contributed by atoms with van der Waals surface area (Å²) in [5, 5.41) is 0. The molecule has 1 heterocycles. The molecule has 1 unspecified atom stereocenters. The third-order valence-electron chi connectivity index (χ3n) is 2.82. The molecule has 1 aromatic carbocycles. The lowest BCUT2D eigenvalue weighted by Gasteiger charge is -2.15. The van der Waals surface area contributed by atoms with E-state index in [1.54, 1.807) is 6.07 Å². The van der Waals surface area contributed by atoms with Crippen LogP contribution in [0.5, 0.6) is 0 Å². The van der Waals surface area contributed by atoms with Crippen LogP contribution in [-0.4, -0.2) is 9.55 Å². The zero-order valence-electron chi connectivity index (χ0n) is 10.3. The summed E-state index contributed by atoms with van der Waals surface area (Å²) in [5.41, 5.74) is 4.92. The normalized spacial score (nSPS) is 13.2. The van der Waals surface area contributed by atoms with E-state index in [1.165, 1.54) is 29.1 Å². The highest BCUT2D eigenvalue weighted by Crippen LogP contribution is 2.30. The van der Waals surface area contributed by atoms with Gasteiger partial charge in [0.15, 0.2) is 0 Å². The van der Waals surface area contributed by atoms with Gasteiger partial charge in [0, 0.05) is 25.0 Å². The van der Waals surface area contributed by atoms with Crippen LogP contribution >= 0.6 is 0 Å². The molecular weight excluding hydrogens is 271 g/mol. The van der Waals surface area contributed by atoms with Gasteiger partial charge >= 0.3 is 11.9 Å². The molecule has 0 fully saturated rings. The van der Waals surface area contributed by atoms with Crippen LogP contribution in [0.25, 0.3) is 0 Å². The van der Waals surface area contributed by atoms with Crippen LogP contribution in [0, 0.1) is 0 Å². The molecule has 0 saturated heterocycles. The average Bonchev–Trinajstić information content (AvgIpc) is 2.40. The number of rotatable bonds is 3. The van der Waals surface area contributed by atoms with Crippen LogP contribution in [0.2, 0.25) is 0 Å². The maximum atomic E-state index is 12.6. The third-order valence-corrected chi connectivity index (χ3v) is 2.82. The van der Waals surface area contributed by atoms with E-state index in [2.05, 4.69) is 4.98 Å². The van der Waals surface area contributed by atoms with Gasteiger partial charge in [-0.15, -0.1) is 0 Å². The summed E-state index contributed by atoms with van der Waals surface area (Å²) in [6.07, 6.45) is -1.59. The number of hydrogen-bond donors (Lipinski definition) is 1. The quantitative estimate of drug-likeness (QED) is 0.936. The Kier molecular flexibility index (Phi) is 3.89. The Morgan fingerprint density at radius 1 is 1.30 bits per heavy atom. The van der Waals surface area contributed by atoms with E-state index in [-0.39, 0.29) is 6.54 Å². The van der Waals surface area contributed by atoms with Crippen molar-refractivity contribution in [1.82, 2.24) is 9.55 Å². The van der Waals surface area contributed by atoms with Gasteiger partial charge in [-0.1, -0.05) is 12.1 Å². The minimum Gasteiger partial charge on any atom is -0.322 e. The molecule has 1 atom stereocenters. The summed E-state index contributed by atoms with van der Waals surface area (Å²) in [6, 6.07) is 5.60. The van der Waals surface area contributed by atoms with E-state index in [0.29, 0.717) is 5.56 Å². The van der Waals surface area contributed by atoms with Gasteiger partial charge in [-0.25, -0.2) is 9.78 Å². The highest BCUT2D eigenvalue weighted by Gasteiger charge is 2.30. The van der Waals surface area contributed by atoms with E-state index >= 15 is 0 Å². The predicted molar refractivity (Wildman–Crippen MR) is 66.9 cm³/mol. The highest BCUT2D eigenvalue weighted by molar-refractivity contribution is 5.27. The maximum Gasteiger partial charge on any atom is 0.416 e. The zero-order valence-corrected chi connectivity index (χ0v) is 10.3. The highest BCUT2D eigenvalue weighted by atomic mass is 19.4. The minimum absolute atomic E-state index is 0.0635. The van der Waals surface area contributed by atoms with E-state index < -0.39 is 23.5 Å². The molecule has 0 spiro atoms. The molecule has 2 rings (SSSR count). The molecule has 2 N–H and O–H groups in total. The Balaban J connectivity index is 2.24. The van der Waals surface area contributed by atoms with Gasteiger partial charge < -0.3 is 5.73 Å². The first kappa shape index (κ1) is 14.3. The fraction of sp³-hybridized carbons (Fsp3) is 0.231. The smallest absolute Gasteiger partial charge is 0.322 e. The van der Waals surface area contributed by atoms with Gasteiger partial charge in [0.2, 0.25) is 0 Å². The average molecular weight is 283 g/mol. The second-order valence-corrected chi connectivity index (χ2v) is 4.28. The van der Waals surface area contributed by atoms with Crippen molar-refractivity contribution in [2.45, 2.75) is 18.8 Å². The van der Waals surface area contributed by atoms with Crippen molar-refractivity contribution in [3.63, 3.8) is 0 Å². The van der Waals surface area contributed by atoms with Crippen LogP contribution in [0.3, 0.4) is 0 Å². The van der Waals surface area contributed by atoms with Crippen molar-refractivity contribution >= 4 is 0 Å². The summed E-state index contributed by atoms with van der Waals surface area (Å²) in [6.45, 7) is 0.0635. The van der Waals surface area contributed by atoms with Crippen LogP contribution in [0.4, 0.5) is 13.2 Å². The summed E-state index contributed by atoms with van der Waals surface area (Å²) in [4.78, 5) is 15.0. The zero-order chi connectivity index (χ0) is 14.8. The Morgan fingerprint density at radius 3 is 2.70 bits per heavy atom. The molecule has 0 radical (unpaired) electrons. The second-order valence-electron chi connectivity index (χ2n) is 4.28. The first-order valence-electron chi connectivity index (χ1n) is 5.82. The summed E-state index contributed by atoms with van der Waals surface area (Å²) >= 11 is 0. The Bertz CT molecular complexity index is 652. The summed E-state index contributed by atoms with van der Waals surface area (Å²) in [7, 11) is 0. The molecule has 0 bridgehead atoms. The van der Waals surface area contributed by atoms with Crippen molar-refractivity contribution < 1.29 is 13.2 Å². The molecular formula is C13H12F3N3O. The van der Waals surface area contributed by atoms with Crippen molar-refractivity contribution in [3.8, 4) is 0 Å². The molecule has 1 aromatic heterocycles. The molecule has 20 heavy (non-hydrogen) atoms. The topological polar surface area (TPSA) is 60.9 Å². The largest absolute Gasteiger partial charge is 0.416 e. The number of alkyl halides is 3. The molecule has 106 valence electrons. The number of aromatic nitrogens is 2. The SMILES string of the molecule is NC(Cn1cccnc1=O)c1cccc(C(F)(F)F)c1. The van der Waals surface area contributed by atoms with Gasteiger partial charge in [0.1, 0.15) is 0 Å². The van der Waals surface area contributed by atoms with Crippen molar-refractivity contribution in [2.24, 2.45) is 5.73 Å². The van der Waals surface area contributed by atoms with Gasteiger partial charge in [-0.2, -0.15) is 13.2 Å². The van der Waals surface area contributed by atoms with Crippen molar-refractivity contribution in [2.75, 3.05) is 0 Å². The summed E-state index contributed by atoms with van der Waals surface area (Å²) < 4.78 is 39.1. The molecule has 7 heteroatoms. The first-order chi connectivity index (χ1) is 9.38. The number of hydrogen-bond acceptors (Lipinski definition) is 3. The number of nitrogens with two attached hydrogens (primary N) is 1. The van der Waals surface area contributed by atoms with Gasteiger partial charge in [0.05, 0.1) is 5.56 Å². The number of benzene rings is 1. The first-order valence-corrected chi connectivity index (χ1v) is 5.82. The molecule has 0 aliphatic heterocycles. The molecule has 0 amide bonds. The van der Waals surface area contributed by atoms with E-state index in [0.717, 1.165) is 12.1 Å². The molecule has 0 aliphatic carbocycles. The Labute approximate surface area is 112 Å². The maximum absolute atomic E-state index is 12.6. The summed E-state index contributed by atoms with van der Waals surface area (Å²) in [5.74, 6) is 0. The molecule has 4 nitrogen and oxygen atoms in total. The van der Waals surface area contributed by atoms with Gasteiger partial charge in [-0.05, 0) is 23.8 Å². The molecule has 0 saturated carbocycles. The second kappa shape index (κ2) is 5.46. The molecule has 2 aromatic rings. The third kappa shape index (κ3) is 3.24. The fourth-order valence-corrected chi connectivity index (χ4v) is 1.79. The lowest BCUT2D eigenvalue weighted by Crippen LogP contribution is -2.27. The van der Waals surface area contributed by atoms with Gasteiger partial charge in [0.25, 0.3) is 0 Å². The van der Waals surface area contributed by atoms with Gasteiger partial charge in [-0.3, -0.25) is 4.57 Å². The molecule has 0 aliphatic rings. The van der Waals surface area contributed by atoms with Crippen LogP contribution in [0.15, 0.2) is 47.5 Å². The lowest BCUT2D eigenvalue weighted by molar-refractivity contribution is -0.137. The minimum atomic E-state index is -4.42. The Hall–Kier alpha value is -2.15. The van der Waals surface area contributed by atoms with E-state index in [1.807, 2.05) is 0 Å². The fourth-order valence-electron chi connectivity index (χ4n) is 1.79. The predicted octanol–water partition coefficient (Wildman–Crippen LogP) is 1.96. The van der Waals surface area contributed by atoms with Crippen LogP contribution in [0.1, 0.15) is 17.2 Å². The van der Waals surface area contributed by atoms with E-state index in [9.17, 15) is 18.0 Å². The van der Waals surface area contributed by atoms with E-state index in [4.69, 9.17) is 5.73 Å². The number of halogens is 3. The van der Waals surface area contributed by atoms with Crippen molar-refractivity contribution in [3.05, 3.63) is 64.3 Å². The number of nitrogens with zero attached hydrogens (tertiary/aromatic N) is 2. The Morgan fingerprint density at radius 2 is 2.05 bits per heavy atom. The van der Waals surface area contributed by atoms with Crippen molar-refractivity contribution in [1.29, 1.82) is 0 Å². The monoisotopic (exact) mass is 283 g/mol. The lowest BCUT2D eigenvalue weighted by atomic mass is 10.0.